The van der Waals surface area contributed by atoms with Crippen LogP contribution in [0.5, 0.6) is 0 Å². The minimum atomic E-state index is -1.13. The van der Waals surface area contributed by atoms with Crippen LogP contribution in [0.15, 0.2) is 79.9 Å². The first-order chi connectivity index (χ1) is 20.4. The van der Waals surface area contributed by atoms with E-state index in [1.807, 2.05) is 36.4 Å². The van der Waals surface area contributed by atoms with E-state index in [1.54, 1.807) is 45.1 Å². The van der Waals surface area contributed by atoms with Gasteiger partial charge >= 0.3 is 0 Å². The van der Waals surface area contributed by atoms with Crippen LogP contribution < -0.4 is 9.80 Å². The first kappa shape index (κ1) is 30.0. The zero-order chi connectivity index (χ0) is 29.9. The van der Waals surface area contributed by atoms with Crippen molar-refractivity contribution in [2.45, 2.75) is 49.9 Å². The Hall–Kier alpha value is -3.46. The maximum atomic E-state index is 14.6. The number of halogens is 1. The Morgan fingerprint density at radius 3 is 2.38 bits per heavy atom. The number of carbonyl (C=O) groups excluding carboxylic acids is 3. The van der Waals surface area contributed by atoms with Crippen molar-refractivity contribution in [2.75, 3.05) is 36.0 Å². The number of carbonyl (C=O) groups is 3. The van der Waals surface area contributed by atoms with Gasteiger partial charge in [0.1, 0.15) is 11.6 Å². The third-order valence-electron chi connectivity index (χ3n) is 8.74. The number of benzene rings is 2. The summed E-state index contributed by atoms with van der Waals surface area (Å²) in [5.74, 6) is -2.25. The second kappa shape index (κ2) is 12.8. The molecule has 0 saturated carbocycles. The van der Waals surface area contributed by atoms with E-state index in [-0.39, 0.29) is 37.4 Å². The smallest absolute Gasteiger partial charge is 0.253 e. The number of nitrogens with zero attached hydrogens (tertiary/aromatic N) is 3. The number of likely N-dealkylation sites (tertiary alicyclic amines) is 1. The number of hydrogen-bond acceptors (Lipinski definition) is 5. The van der Waals surface area contributed by atoms with Crippen LogP contribution in [0.3, 0.4) is 0 Å². The average Bonchev–Trinajstić information content (AvgIpc) is 3.64. The molecule has 2 aromatic rings. The van der Waals surface area contributed by atoms with Gasteiger partial charge in [0.25, 0.3) is 5.91 Å². The first-order valence-corrected chi connectivity index (χ1v) is 15.0. The number of aliphatic hydroxyl groups is 1. The summed E-state index contributed by atoms with van der Waals surface area (Å²) >= 11 is 6.54. The van der Waals surface area contributed by atoms with Gasteiger partial charge in [-0.15, -0.1) is 13.2 Å². The molecular weight excluding hydrogens is 554 g/mol. The molecule has 42 heavy (non-hydrogen) atoms. The highest BCUT2D eigenvalue weighted by atomic mass is 35.5. The number of hydrogen-bond donors (Lipinski definition) is 1. The van der Waals surface area contributed by atoms with Crippen LogP contribution in [-0.4, -0.2) is 71.7 Å². The third-order valence-corrected chi connectivity index (χ3v) is 9.06. The van der Waals surface area contributed by atoms with Gasteiger partial charge in [0, 0.05) is 31.9 Å². The fraction of sp³-hybridized carbons (Fsp3) is 0.424. The lowest BCUT2D eigenvalue weighted by Crippen LogP contribution is -2.56. The van der Waals surface area contributed by atoms with Crippen molar-refractivity contribution in [3.05, 3.63) is 84.9 Å². The van der Waals surface area contributed by atoms with Crippen LogP contribution in [0.2, 0.25) is 5.02 Å². The van der Waals surface area contributed by atoms with Crippen molar-refractivity contribution in [2.24, 2.45) is 11.8 Å². The van der Waals surface area contributed by atoms with Gasteiger partial charge in [-0.25, -0.2) is 0 Å². The summed E-state index contributed by atoms with van der Waals surface area (Å²) in [4.78, 5) is 48.0. The first-order valence-electron chi connectivity index (χ1n) is 14.6. The summed E-state index contributed by atoms with van der Waals surface area (Å²) in [7, 11) is 0. The SMILES string of the molecule is C=CCN(C(=O)[C@@H]1[C@@H]2CCC3(O2)C(C(=O)N(CC=C)c2ccccc2Cl)N(CCCCCO)C(=O)[C@H]13)c1ccccc1. The van der Waals surface area contributed by atoms with Gasteiger partial charge in [0.15, 0.2) is 0 Å². The lowest BCUT2D eigenvalue weighted by atomic mass is 9.70. The van der Waals surface area contributed by atoms with Crippen molar-refractivity contribution in [1.29, 1.82) is 0 Å². The molecule has 5 atom stereocenters. The zero-order valence-electron chi connectivity index (χ0n) is 23.7. The molecule has 3 aliphatic rings. The summed E-state index contributed by atoms with van der Waals surface area (Å²) in [6.45, 7) is 8.55. The monoisotopic (exact) mass is 591 g/mol. The molecule has 2 aromatic carbocycles. The third kappa shape index (κ3) is 5.16. The van der Waals surface area contributed by atoms with Crippen LogP contribution >= 0.6 is 11.6 Å². The fourth-order valence-electron chi connectivity index (χ4n) is 7.02. The maximum Gasteiger partial charge on any atom is 0.253 e. The predicted molar refractivity (Wildman–Crippen MR) is 163 cm³/mol. The average molecular weight is 592 g/mol. The van der Waals surface area contributed by atoms with E-state index in [9.17, 15) is 19.5 Å². The molecule has 8 nitrogen and oxygen atoms in total. The van der Waals surface area contributed by atoms with Crippen molar-refractivity contribution in [3.8, 4) is 0 Å². The molecule has 2 bridgehead atoms. The van der Waals surface area contributed by atoms with Gasteiger partial charge in [-0.3, -0.25) is 14.4 Å². The second-order valence-corrected chi connectivity index (χ2v) is 11.5. The van der Waals surface area contributed by atoms with E-state index in [2.05, 4.69) is 13.2 Å². The number of aliphatic hydroxyl groups excluding tert-OH is 1. The molecule has 0 aliphatic carbocycles. The molecule has 3 saturated heterocycles. The van der Waals surface area contributed by atoms with E-state index in [0.717, 1.165) is 0 Å². The quantitative estimate of drug-likeness (QED) is 0.271. The summed E-state index contributed by atoms with van der Waals surface area (Å²) < 4.78 is 6.66. The number of unbranched alkanes of at least 4 members (excludes halogenated alkanes) is 2. The van der Waals surface area contributed by atoms with E-state index in [0.29, 0.717) is 55.0 Å². The number of fused-ring (bicyclic) bond motifs is 1. The van der Waals surface area contributed by atoms with Crippen LogP contribution in [0.1, 0.15) is 32.1 Å². The molecule has 3 amide bonds. The van der Waals surface area contributed by atoms with Crippen molar-refractivity contribution < 1.29 is 24.2 Å². The van der Waals surface area contributed by atoms with E-state index in [4.69, 9.17) is 16.3 Å². The van der Waals surface area contributed by atoms with Crippen molar-refractivity contribution in [3.63, 3.8) is 0 Å². The molecule has 222 valence electrons. The number of anilines is 2. The van der Waals surface area contributed by atoms with Gasteiger partial charge < -0.3 is 24.5 Å². The molecule has 3 fully saturated rings. The minimum absolute atomic E-state index is 0.0580. The molecular formula is C33H38ClN3O5. The maximum absolute atomic E-state index is 14.6. The number of amides is 3. The van der Waals surface area contributed by atoms with Gasteiger partial charge in [0.05, 0.1) is 28.6 Å². The van der Waals surface area contributed by atoms with Crippen LogP contribution in [0.4, 0.5) is 11.4 Å². The summed E-state index contributed by atoms with van der Waals surface area (Å²) in [6, 6.07) is 15.5. The Labute approximate surface area is 252 Å². The lowest BCUT2D eigenvalue weighted by molar-refractivity contribution is -0.140. The predicted octanol–water partition coefficient (Wildman–Crippen LogP) is 4.62. The van der Waals surface area contributed by atoms with E-state index in [1.165, 1.54) is 0 Å². The van der Waals surface area contributed by atoms with Gasteiger partial charge in [-0.1, -0.05) is 54.1 Å². The topological polar surface area (TPSA) is 90.4 Å². The normalized spacial score (nSPS) is 25.8. The number of rotatable bonds is 13. The number of para-hydroxylation sites is 2. The molecule has 9 heteroatoms. The highest BCUT2D eigenvalue weighted by Crippen LogP contribution is 2.59. The minimum Gasteiger partial charge on any atom is -0.396 e. The lowest BCUT2D eigenvalue weighted by Gasteiger charge is -2.37. The molecule has 0 aromatic heterocycles. The van der Waals surface area contributed by atoms with E-state index < -0.39 is 29.6 Å². The molecule has 0 radical (unpaired) electrons. The molecule has 1 N–H and O–H groups in total. The second-order valence-electron chi connectivity index (χ2n) is 11.1. The highest BCUT2D eigenvalue weighted by molar-refractivity contribution is 6.34. The van der Waals surface area contributed by atoms with Crippen LogP contribution in [0, 0.1) is 11.8 Å². The van der Waals surface area contributed by atoms with Crippen LogP contribution in [0.25, 0.3) is 0 Å². The summed E-state index contributed by atoms with van der Waals surface area (Å²) in [5.41, 5.74) is 0.111. The highest BCUT2D eigenvalue weighted by Gasteiger charge is 2.75. The molecule has 3 aliphatic heterocycles. The van der Waals surface area contributed by atoms with Crippen molar-refractivity contribution in [1.82, 2.24) is 4.90 Å². The standard InChI is InChI=1S/C33H38ClN3O5/c1-3-19-35(23-13-7-5-8-14-23)30(39)27-26-17-18-33(42-26)28(27)31(40)37(21-11-6-12-22-38)29(33)32(41)36(20-4-2)25-16-10-9-15-24(25)34/h3-5,7-10,13-16,26-29,38H,1-2,6,11-12,17-22H2/t26-,27+,28-,29?,33?/m0/s1. The van der Waals surface area contributed by atoms with Gasteiger partial charge in [-0.05, 0) is 56.4 Å². The summed E-state index contributed by atoms with van der Waals surface area (Å²) in [5, 5.41) is 9.71. The van der Waals surface area contributed by atoms with Crippen molar-refractivity contribution >= 4 is 40.7 Å². The molecule has 5 rings (SSSR count). The number of ether oxygens (including phenoxy) is 1. The fourth-order valence-corrected chi connectivity index (χ4v) is 7.26. The Morgan fingerprint density at radius 2 is 1.69 bits per heavy atom. The Morgan fingerprint density at radius 1 is 1.00 bits per heavy atom. The molecule has 1 spiro atoms. The zero-order valence-corrected chi connectivity index (χ0v) is 24.5. The van der Waals surface area contributed by atoms with Crippen LogP contribution in [-0.2, 0) is 19.1 Å². The van der Waals surface area contributed by atoms with Gasteiger partial charge in [-0.2, -0.15) is 0 Å². The molecule has 3 heterocycles. The Bertz CT molecular complexity index is 1340. The van der Waals surface area contributed by atoms with E-state index >= 15 is 0 Å². The largest absolute Gasteiger partial charge is 0.396 e. The Balaban J connectivity index is 1.54. The van der Waals surface area contributed by atoms with Gasteiger partial charge in [0.2, 0.25) is 11.8 Å². The Kier molecular flexibility index (Phi) is 9.16. The molecule has 2 unspecified atom stereocenters. The summed E-state index contributed by atoms with van der Waals surface area (Å²) in [6.07, 6.45) is 5.82.